The van der Waals surface area contributed by atoms with Crippen molar-refractivity contribution in [3.05, 3.63) is 85.8 Å². The molecule has 0 saturated heterocycles. The van der Waals surface area contributed by atoms with Gasteiger partial charge in [0.25, 0.3) is 0 Å². The van der Waals surface area contributed by atoms with Crippen LogP contribution < -0.4 is 21.4 Å². The fourth-order valence-electron chi connectivity index (χ4n) is 4.09. The second kappa shape index (κ2) is 10.3. The molecule has 0 bridgehead atoms. The first kappa shape index (κ1) is 26.0. The lowest BCUT2D eigenvalue weighted by Crippen LogP contribution is -2.43. The number of halogens is 3. The molecule has 0 atom stereocenters. The third kappa shape index (κ3) is 5.23. The molecule has 0 aliphatic heterocycles. The maximum atomic E-state index is 14.6. The number of rotatable bonds is 8. The van der Waals surface area contributed by atoms with Crippen LogP contribution in [0.15, 0.2) is 46.4 Å². The number of benzene rings is 2. The summed E-state index contributed by atoms with van der Waals surface area (Å²) in [5, 5.41) is 12.3. The van der Waals surface area contributed by atoms with Crippen LogP contribution in [0.2, 0.25) is 5.02 Å². The van der Waals surface area contributed by atoms with Crippen molar-refractivity contribution >= 4 is 34.1 Å². The van der Waals surface area contributed by atoms with Gasteiger partial charge < -0.3 is 10.1 Å². The molecule has 3 heterocycles. The molecule has 0 spiro atoms. The second-order valence-corrected chi connectivity index (χ2v) is 9.04. The monoisotopic (exact) mass is 557 g/mol. The zero-order valence-electron chi connectivity index (χ0n) is 21.0. The van der Waals surface area contributed by atoms with E-state index in [1.807, 2.05) is 0 Å². The third-order valence-electron chi connectivity index (χ3n) is 5.75. The molecule has 1 N–H and O–H groups in total. The van der Waals surface area contributed by atoms with Gasteiger partial charge in [-0.25, -0.2) is 27.9 Å². The summed E-state index contributed by atoms with van der Waals surface area (Å²) in [5.74, 6) is -2.03. The van der Waals surface area contributed by atoms with Gasteiger partial charge in [0.1, 0.15) is 12.1 Å². The Morgan fingerprint density at radius 2 is 1.82 bits per heavy atom. The average molecular weight is 558 g/mol. The van der Waals surface area contributed by atoms with Crippen LogP contribution in [0, 0.1) is 11.6 Å². The van der Waals surface area contributed by atoms with Gasteiger partial charge in [0, 0.05) is 37.3 Å². The highest BCUT2D eigenvalue weighted by Crippen LogP contribution is 2.30. The topological polar surface area (TPSA) is 127 Å². The molecular weight excluding hydrogens is 536 g/mol. The van der Waals surface area contributed by atoms with Crippen LogP contribution >= 0.6 is 11.6 Å². The minimum absolute atomic E-state index is 0.0243. The van der Waals surface area contributed by atoms with Crippen LogP contribution in [0.5, 0.6) is 5.75 Å². The largest absolute Gasteiger partial charge is 0.490 e. The Hall–Kier alpha value is -4.59. The lowest BCUT2D eigenvalue weighted by molar-refractivity contribution is 0.315. The number of nitrogens with zero attached hydrogens (tertiary/aromatic N) is 8. The summed E-state index contributed by atoms with van der Waals surface area (Å²) < 4.78 is 39.1. The molecule has 0 aliphatic rings. The molecule has 0 saturated carbocycles. The molecule has 0 fully saturated rings. The lowest BCUT2D eigenvalue weighted by Gasteiger charge is -2.18. The zero-order valence-corrected chi connectivity index (χ0v) is 21.8. The van der Waals surface area contributed by atoms with Crippen molar-refractivity contribution in [3.63, 3.8) is 0 Å². The molecule has 0 unspecified atom stereocenters. The first-order valence-corrected chi connectivity index (χ1v) is 12.1. The predicted molar refractivity (Wildman–Crippen MR) is 138 cm³/mol. The maximum absolute atomic E-state index is 14.6. The van der Waals surface area contributed by atoms with E-state index in [1.54, 1.807) is 44.0 Å². The highest BCUT2D eigenvalue weighted by Gasteiger charge is 2.20. The summed E-state index contributed by atoms with van der Waals surface area (Å²) in [6.07, 6.45) is 3.18. The van der Waals surface area contributed by atoms with E-state index in [0.717, 1.165) is 20.6 Å². The molecule has 39 heavy (non-hydrogen) atoms. The van der Waals surface area contributed by atoms with E-state index in [-0.39, 0.29) is 47.8 Å². The highest BCUT2D eigenvalue weighted by molar-refractivity contribution is 6.34. The summed E-state index contributed by atoms with van der Waals surface area (Å²) in [6, 6.07) is 5.03. The Labute approximate surface area is 224 Å². The van der Waals surface area contributed by atoms with Crippen molar-refractivity contribution in [1.82, 2.24) is 38.7 Å². The van der Waals surface area contributed by atoms with E-state index in [2.05, 4.69) is 25.5 Å². The number of nitrogens with one attached hydrogen (secondary N) is 1. The number of hydrogen-bond donors (Lipinski definition) is 1. The first-order valence-electron chi connectivity index (χ1n) is 11.7. The van der Waals surface area contributed by atoms with Crippen molar-refractivity contribution in [2.75, 3.05) is 11.9 Å². The molecule has 5 rings (SSSR count). The van der Waals surface area contributed by atoms with Gasteiger partial charge in [0.2, 0.25) is 5.95 Å². The van der Waals surface area contributed by atoms with Gasteiger partial charge in [-0.15, -0.1) is 0 Å². The second-order valence-electron chi connectivity index (χ2n) is 8.63. The van der Waals surface area contributed by atoms with Crippen LogP contribution in [0.3, 0.4) is 0 Å². The van der Waals surface area contributed by atoms with E-state index < -0.39 is 23.0 Å². The number of ether oxygens (including phenoxy) is 1. The summed E-state index contributed by atoms with van der Waals surface area (Å²) >= 11 is 6.46. The summed E-state index contributed by atoms with van der Waals surface area (Å²) in [7, 11) is 3.39. The predicted octanol–water partition coefficient (Wildman–Crippen LogP) is 2.59. The Balaban J connectivity index is 1.66. The van der Waals surface area contributed by atoms with Crippen molar-refractivity contribution in [2.24, 2.45) is 14.1 Å². The number of aromatic nitrogens is 8. The number of aryl methyl sites for hydroxylation is 2. The van der Waals surface area contributed by atoms with Crippen molar-refractivity contribution in [1.29, 1.82) is 0 Å². The zero-order chi connectivity index (χ0) is 27.8. The van der Waals surface area contributed by atoms with Crippen molar-refractivity contribution < 1.29 is 13.5 Å². The SMILES string of the molecule is CCOc1c(F)cc(F)cc1Cn1c(Nc2cc3cn(C)nc3cc2Cl)nc(=O)n(Cc2ncn(C)n2)c1=O. The Morgan fingerprint density at radius 1 is 1.03 bits per heavy atom. The molecule has 0 aliphatic carbocycles. The molecule has 202 valence electrons. The van der Waals surface area contributed by atoms with E-state index in [4.69, 9.17) is 16.3 Å². The minimum atomic E-state index is -0.932. The molecule has 5 aromatic rings. The Morgan fingerprint density at radius 3 is 2.54 bits per heavy atom. The van der Waals surface area contributed by atoms with Gasteiger partial charge in [0.05, 0.1) is 35.9 Å². The van der Waals surface area contributed by atoms with Crippen molar-refractivity contribution in [2.45, 2.75) is 20.0 Å². The van der Waals surface area contributed by atoms with Crippen LogP contribution in [-0.2, 0) is 27.2 Å². The highest BCUT2D eigenvalue weighted by atomic mass is 35.5. The molecule has 12 nitrogen and oxygen atoms in total. The van der Waals surface area contributed by atoms with Gasteiger partial charge in [-0.05, 0) is 25.1 Å². The minimum Gasteiger partial charge on any atom is -0.490 e. The lowest BCUT2D eigenvalue weighted by atomic mass is 10.2. The van der Waals surface area contributed by atoms with Gasteiger partial charge in [-0.3, -0.25) is 13.9 Å². The van der Waals surface area contributed by atoms with E-state index in [0.29, 0.717) is 17.3 Å². The van der Waals surface area contributed by atoms with E-state index >= 15 is 0 Å². The molecule has 15 heteroatoms. The number of fused-ring (bicyclic) bond motifs is 1. The van der Waals surface area contributed by atoms with Crippen LogP contribution in [-0.4, -0.2) is 45.3 Å². The van der Waals surface area contributed by atoms with Gasteiger partial charge >= 0.3 is 11.4 Å². The molecule has 0 radical (unpaired) electrons. The quantitative estimate of drug-likeness (QED) is 0.308. The third-order valence-corrected chi connectivity index (χ3v) is 6.07. The van der Waals surface area contributed by atoms with Crippen LogP contribution in [0.4, 0.5) is 20.4 Å². The fourth-order valence-corrected chi connectivity index (χ4v) is 4.30. The number of hydrogen-bond acceptors (Lipinski definition) is 8. The summed E-state index contributed by atoms with van der Waals surface area (Å²) in [4.78, 5) is 34.8. The van der Waals surface area contributed by atoms with Gasteiger partial charge in [-0.2, -0.15) is 15.2 Å². The van der Waals surface area contributed by atoms with E-state index in [1.165, 1.54) is 11.0 Å². The summed E-state index contributed by atoms with van der Waals surface area (Å²) in [6.45, 7) is 1.08. The normalized spacial score (nSPS) is 11.3. The molecule has 3 aromatic heterocycles. The van der Waals surface area contributed by atoms with Crippen molar-refractivity contribution in [3.8, 4) is 5.75 Å². The molecular formula is C24H22ClF2N9O3. The maximum Gasteiger partial charge on any atom is 0.355 e. The summed E-state index contributed by atoms with van der Waals surface area (Å²) in [5.41, 5.74) is -0.725. The fraction of sp³-hybridized carbons (Fsp3) is 0.250. The average Bonchev–Trinajstić information content (AvgIpc) is 3.44. The standard InChI is InChI=1S/C24H22ClF2N9O3/c1-4-39-21-14(5-15(26)7-17(21)27)10-35-22(29-19-6-13-9-33(2)31-18(13)8-16(19)25)30-23(37)36(24(35)38)11-20-28-12-34(3)32-20/h5-9,12H,4,10-11H2,1-3H3,(H,29,30,37). The van der Waals surface area contributed by atoms with Gasteiger partial charge in [0.15, 0.2) is 17.4 Å². The smallest absolute Gasteiger partial charge is 0.355 e. The molecule has 0 amide bonds. The van der Waals surface area contributed by atoms with Crippen LogP contribution in [0.1, 0.15) is 18.3 Å². The Kier molecular flexibility index (Phi) is 6.87. The van der Waals surface area contributed by atoms with E-state index in [9.17, 15) is 18.4 Å². The Bertz CT molecular complexity index is 1830. The molecule has 2 aromatic carbocycles. The van der Waals surface area contributed by atoms with Gasteiger partial charge in [-0.1, -0.05) is 11.6 Å². The van der Waals surface area contributed by atoms with Crippen LogP contribution in [0.25, 0.3) is 10.9 Å². The number of anilines is 2. The first-order chi connectivity index (χ1) is 18.6.